The van der Waals surface area contributed by atoms with E-state index in [1.807, 2.05) is 30.3 Å². The SMILES string of the molecule is C#CC(NC(=O)C1CCC2=C1C(=O)C(NC(=O)C(C)NC)CCCC2)c1ccccc1. The lowest BCUT2D eigenvalue weighted by molar-refractivity contribution is -0.129. The molecule has 0 fully saturated rings. The third-order valence-electron chi connectivity index (χ3n) is 6.31. The monoisotopic (exact) mass is 421 g/mol. The molecule has 4 atom stereocenters. The molecule has 4 unspecified atom stereocenters. The van der Waals surface area contributed by atoms with E-state index in [0.717, 1.165) is 36.8 Å². The van der Waals surface area contributed by atoms with Crippen LogP contribution in [-0.2, 0) is 14.4 Å². The fraction of sp³-hybridized carbons (Fsp3) is 0.480. The second-order valence-corrected chi connectivity index (χ2v) is 8.31. The van der Waals surface area contributed by atoms with Gasteiger partial charge in [-0.15, -0.1) is 6.42 Å². The van der Waals surface area contributed by atoms with Crippen molar-refractivity contribution >= 4 is 17.6 Å². The zero-order valence-corrected chi connectivity index (χ0v) is 18.2. The molecule has 2 aliphatic carbocycles. The first kappa shape index (κ1) is 22.8. The third-order valence-corrected chi connectivity index (χ3v) is 6.31. The summed E-state index contributed by atoms with van der Waals surface area (Å²) in [7, 11) is 1.71. The van der Waals surface area contributed by atoms with Gasteiger partial charge in [0.1, 0.15) is 6.04 Å². The molecule has 1 aromatic carbocycles. The van der Waals surface area contributed by atoms with Gasteiger partial charge in [-0.05, 0) is 51.6 Å². The van der Waals surface area contributed by atoms with Gasteiger partial charge in [-0.25, -0.2) is 0 Å². The summed E-state index contributed by atoms with van der Waals surface area (Å²) < 4.78 is 0. The van der Waals surface area contributed by atoms with Crippen molar-refractivity contribution in [2.24, 2.45) is 5.92 Å². The van der Waals surface area contributed by atoms with Crippen molar-refractivity contribution in [2.75, 3.05) is 7.05 Å². The van der Waals surface area contributed by atoms with Crippen LogP contribution in [0.5, 0.6) is 0 Å². The van der Waals surface area contributed by atoms with Gasteiger partial charge >= 0.3 is 0 Å². The van der Waals surface area contributed by atoms with E-state index in [0.29, 0.717) is 18.4 Å². The van der Waals surface area contributed by atoms with Crippen LogP contribution in [0.25, 0.3) is 0 Å². The highest BCUT2D eigenvalue weighted by atomic mass is 16.2. The molecule has 0 heterocycles. The first-order valence-corrected chi connectivity index (χ1v) is 11.0. The van der Waals surface area contributed by atoms with E-state index in [2.05, 4.69) is 21.9 Å². The molecular weight excluding hydrogens is 390 g/mol. The molecule has 0 radical (unpaired) electrons. The quantitative estimate of drug-likeness (QED) is 0.616. The molecule has 6 nitrogen and oxygen atoms in total. The van der Waals surface area contributed by atoms with Crippen LogP contribution in [-0.4, -0.2) is 36.7 Å². The highest BCUT2D eigenvalue weighted by molar-refractivity contribution is 6.07. The largest absolute Gasteiger partial charge is 0.345 e. The lowest BCUT2D eigenvalue weighted by Crippen LogP contribution is -2.49. The number of hydrogen-bond donors (Lipinski definition) is 3. The molecule has 164 valence electrons. The first-order chi connectivity index (χ1) is 15.0. The number of likely N-dealkylation sites (N-methyl/N-ethyl adjacent to an activating group) is 1. The number of allylic oxidation sites excluding steroid dienone is 1. The van der Waals surface area contributed by atoms with Gasteiger partial charge in [0.05, 0.1) is 18.0 Å². The molecule has 31 heavy (non-hydrogen) atoms. The van der Waals surface area contributed by atoms with E-state index in [-0.39, 0.29) is 17.6 Å². The van der Waals surface area contributed by atoms with Crippen LogP contribution in [0.4, 0.5) is 0 Å². The van der Waals surface area contributed by atoms with Gasteiger partial charge < -0.3 is 16.0 Å². The Morgan fingerprint density at radius 3 is 2.55 bits per heavy atom. The predicted molar refractivity (Wildman–Crippen MR) is 120 cm³/mol. The molecule has 3 N–H and O–H groups in total. The van der Waals surface area contributed by atoms with Crippen LogP contribution in [0.2, 0.25) is 0 Å². The van der Waals surface area contributed by atoms with Crippen LogP contribution in [0.15, 0.2) is 41.5 Å². The van der Waals surface area contributed by atoms with Gasteiger partial charge in [0.2, 0.25) is 11.8 Å². The molecule has 0 aromatic heterocycles. The lowest BCUT2D eigenvalue weighted by Gasteiger charge is -2.25. The number of ketones is 1. The topological polar surface area (TPSA) is 87.3 Å². The highest BCUT2D eigenvalue weighted by Gasteiger charge is 2.39. The van der Waals surface area contributed by atoms with Crippen LogP contribution in [0.3, 0.4) is 0 Å². The smallest absolute Gasteiger partial charge is 0.237 e. The average molecular weight is 422 g/mol. The summed E-state index contributed by atoms with van der Waals surface area (Å²) in [5.41, 5.74) is 2.48. The number of carbonyl (C=O) groups excluding carboxylic acids is 3. The van der Waals surface area contributed by atoms with Gasteiger partial charge in [-0.1, -0.05) is 48.2 Å². The zero-order chi connectivity index (χ0) is 22.4. The number of nitrogens with one attached hydrogen (secondary N) is 3. The second-order valence-electron chi connectivity index (χ2n) is 8.31. The fourth-order valence-corrected chi connectivity index (χ4v) is 4.39. The third kappa shape index (κ3) is 5.23. The standard InChI is InChI=1S/C25H31N3O3/c1-4-20(17-10-6-5-7-11-17)27-25(31)19-15-14-18-12-8-9-13-21(23(29)22(18)19)28-24(30)16(2)26-3/h1,5-7,10-11,16,19-21,26H,8-9,12-15H2,2-3H3,(H,27,31)(H,28,30). The average Bonchev–Trinajstić information content (AvgIpc) is 3.21. The zero-order valence-electron chi connectivity index (χ0n) is 18.2. The van der Waals surface area contributed by atoms with Crippen molar-refractivity contribution < 1.29 is 14.4 Å². The van der Waals surface area contributed by atoms with E-state index in [4.69, 9.17) is 6.42 Å². The maximum atomic E-state index is 13.5. The Morgan fingerprint density at radius 1 is 1.13 bits per heavy atom. The molecule has 3 rings (SSSR count). The fourth-order valence-electron chi connectivity index (χ4n) is 4.39. The van der Waals surface area contributed by atoms with Gasteiger partial charge in [-0.3, -0.25) is 14.4 Å². The van der Waals surface area contributed by atoms with Crippen LogP contribution in [0.1, 0.15) is 57.1 Å². The van der Waals surface area contributed by atoms with Crippen molar-refractivity contribution in [2.45, 2.75) is 63.6 Å². The van der Waals surface area contributed by atoms with Crippen molar-refractivity contribution in [1.29, 1.82) is 0 Å². The van der Waals surface area contributed by atoms with E-state index in [9.17, 15) is 14.4 Å². The summed E-state index contributed by atoms with van der Waals surface area (Å²) >= 11 is 0. The van der Waals surface area contributed by atoms with Gasteiger partial charge in [0.15, 0.2) is 5.78 Å². The van der Waals surface area contributed by atoms with Crippen molar-refractivity contribution in [3.05, 3.63) is 47.0 Å². The normalized spacial score (nSPS) is 23.1. The Hall–Kier alpha value is -2.91. The van der Waals surface area contributed by atoms with E-state index in [1.54, 1.807) is 14.0 Å². The van der Waals surface area contributed by atoms with Crippen molar-refractivity contribution in [1.82, 2.24) is 16.0 Å². The van der Waals surface area contributed by atoms with E-state index < -0.39 is 24.0 Å². The van der Waals surface area contributed by atoms with Gasteiger partial charge in [-0.2, -0.15) is 0 Å². The minimum Gasteiger partial charge on any atom is -0.345 e. The highest BCUT2D eigenvalue weighted by Crippen LogP contribution is 2.38. The van der Waals surface area contributed by atoms with Crippen LogP contribution >= 0.6 is 0 Å². The van der Waals surface area contributed by atoms with Crippen molar-refractivity contribution in [3.8, 4) is 12.3 Å². The Bertz CT molecular complexity index is 900. The summed E-state index contributed by atoms with van der Waals surface area (Å²) in [4.78, 5) is 39.0. The number of rotatable bonds is 6. The summed E-state index contributed by atoms with van der Waals surface area (Å²) in [6, 6.07) is 7.85. The van der Waals surface area contributed by atoms with Crippen LogP contribution in [0, 0.1) is 18.3 Å². The van der Waals surface area contributed by atoms with E-state index >= 15 is 0 Å². The number of terminal acetylenes is 1. The van der Waals surface area contributed by atoms with E-state index in [1.165, 1.54) is 0 Å². The lowest BCUT2D eigenvalue weighted by atomic mass is 9.86. The first-order valence-electron chi connectivity index (χ1n) is 11.0. The minimum atomic E-state index is -0.598. The van der Waals surface area contributed by atoms with Crippen molar-refractivity contribution in [3.63, 3.8) is 0 Å². The van der Waals surface area contributed by atoms with Gasteiger partial charge in [0.25, 0.3) is 0 Å². The summed E-state index contributed by atoms with van der Waals surface area (Å²) in [6.07, 6.45) is 10.2. The maximum Gasteiger partial charge on any atom is 0.237 e. The summed E-state index contributed by atoms with van der Waals surface area (Å²) in [5, 5.41) is 8.72. The molecule has 2 aliphatic rings. The van der Waals surface area contributed by atoms with Gasteiger partial charge in [0, 0.05) is 5.57 Å². The molecule has 0 aliphatic heterocycles. The molecule has 0 spiro atoms. The molecule has 0 saturated heterocycles. The molecule has 1 aromatic rings. The number of amides is 2. The number of benzene rings is 1. The molecule has 0 saturated carbocycles. The molecular formula is C25H31N3O3. The molecule has 0 bridgehead atoms. The van der Waals surface area contributed by atoms with Crippen LogP contribution < -0.4 is 16.0 Å². The molecule has 2 amide bonds. The summed E-state index contributed by atoms with van der Waals surface area (Å²) in [5.74, 6) is 1.55. The minimum absolute atomic E-state index is 0.124. The number of carbonyl (C=O) groups is 3. The second kappa shape index (κ2) is 10.4. The Balaban J connectivity index is 1.79. The Kier molecular flexibility index (Phi) is 7.64. The molecule has 6 heteroatoms. The Labute approximate surface area is 184 Å². The predicted octanol–water partition coefficient (Wildman–Crippen LogP) is 2.42. The number of hydrogen-bond acceptors (Lipinski definition) is 4. The number of Topliss-reactive ketones (excluding diaryl/α,β-unsaturated/α-hetero) is 1. The summed E-state index contributed by atoms with van der Waals surface area (Å²) in [6.45, 7) is 1.75. The maximum absolute atomic E-state index is 13.5. The Morgan fingerprint density at radius 2 is 1.87 bits per heavy atom.